The molecular weight excluding hydrogens is 318 g/mol. The molecule has 0 radical (unpaired) electrons. The van der Waals surface area contributed by atoms with Crippen molar-refractivity contribution in [3.63, 3.8) is 0 Å². The second-order valence-corrected chi connectivity index (χ2v) is 7.44. The van der Waals surface area contributed by atoms with Gasteiger partial charge in [0.2, 0.25) is 0 Å². The maximum atomic E-state index is 12.5. The highest BCUT2D eigenvalue weighted by atomic mass is 16.2. The molecule has 26 heavy (non-hydrogen) atoms. The summed E-state index contributed by atoms with van der Waals surface area (Å²) >= 11 is 0. The van der Waals surface area contributed by atoms with Gasteiger partial charge in [-0.25, -0.2) is 0 Å². The highest BCUT2D eigenvalue weighted by Gasteiger charge is 2.24. The first-order valence-corrected chi connectivity index (χ1v) is 9.12. The Kier molecular flexibility index (Phi) is 3.91. The maximum absolute atomic E-state index is 12.5. The van der Waals surface area contributed by atoms with Crippen LogP contribution in [0.2, 0.25) is 0 Å². The number of benzene rings is 1. The Balaban J connectivity index is 1.91. The van der Waals surface area contributed by atoms with E-state index in [9.17, 15) is 4.79 Å². The predicted molar refractivity (Wildman–Crippen MR) is 110 cm³/mol. The summed E-state index contributed by atoms with van der Waals surface area (Å²) in [6.07, 6.45) is 2.04. The Morgan fingerprint density at radius 3 is 2.46 bits per heavy atom. The van der Waals surface area contributed by atoms with Crippen molar-refractivity contribution in [2.45, 2.75) is 33.6 Å². The normalized spacial score (nSPS) is 15.0. The Labute approximate surface area is 154 Å². The highest BCUT2D eigenvalue weighted by molar-refractivity contribution is 6.35. The van der Waals surface area contributed by atoms with E-state index in [1.54, 1.807) is 0 Å². The standard InChI is InChI=1S/C24H23NO/c1-14(2)17-10-9-15(3)23-18(11-16(4)20(23)12-17)13-21-19-7-5-6-8-22(19)25-24(21)26/h5-14H,1-4H3,(H,25,26). The number of hydrogen-bond acceptors (Lipinski definition) is 1. The zero-order valence-electron chi connectivity index (χ0n) is 15.7. The monoisotopic (exact) mass is 341 g/mol. The number of hydrogen-bond donors (Lipinski definition) is 1. The lowest BCUT2D eigenvalue weighted by molar-refractivity contribution is -0.110. The maximum Gasteiger partial charge on any atom is 0.256 e. The number of amides is 1. The van der Waals surface area contributed by atoms with E-state index in [0.29, 0.717) is 5.92 Å². The van der Waals surface area contributed by atoms with Gasteiger partial charge in [0.25, 0.3) is 5.91 Å². The van der Waals surface area contributed by atoms with Gasteiger partial charge >= 0.3 is 0 Å². The first-order valence-electron chi connectivity index (χ1n) is 9.12. The van der Waals surface area contributed by atoms with Crippen LogP contribution in [0.5, 0.6) is 0 Å². The van der Waals surface area contributed by atoms with Crippen LogP contribution in [0.25, 0.3) is 22.8 Å². The number of carbonyl (C=O) groups is 1. The molecule has 130 valence electrons. The molecule has 1 amide bonds. The minimum absolute atomic E-state index is 0.0287. The molecule has 0 fully saturated rings. The van der Waals surface area contributed by atoms with E-state index in [0.717, 1.165) is 22.4 Å². The van der Waals surface area contributed by atoms with E-state index in [-0.39, 0.29) is 5.91 Å². The topological polar surface area (TPSA) is 29.1 Å². The van der Waals surface area contributed by atoms with Gasteiger partial charge in [-0.05, 0) is 65.3 Å². The molecule has 0 atom stereocenters. The summed E-state index contributed by atoms with van der Waals surface area (Å²) in [5, 5.41) is 2.96. The summed E-state index contributed by atoms with van der Waals surface area (Å²) in [6.45, 7) is 8.74. The van der Waals surface area contributed by atoms with E-state index in [1.807, 2.05) is 30.3 Å². The van der Waals surface area contributed by atoms with E-state index in [2.05, 4.69) is 57.3 Å². The van der Waals surface area contributed by atoms with Crippen molar-refractivity contribution in [3.8, 4) is 11.1 Å². The number of para-hydroxylation sites is 1. The Morgan fingerprint density at radius 1 is 0.923 bits per heavy atom. The summed E-state index contributed by atoms with van der Waals surface area (Å²) in [5.74, 6) is 0.452. The van der Waals surface area contributed by atoms with Crippen LogP contribution in [0.15, 0.2) is 48.5 Å². The van der Waals surface area contributed by atoms with Crippen LogP contribution in [0.3, 0.4) is 0 Å². The highest BCUT2D eigenvalue weighted by Crippen LogP contribution is 2.40. The second kappa shape index (κ2) is 6.14. The van der Waals surface area contributed by atoms with Crippen LogP contribution in [0.4, 0.5) is 5.69 Å². The SMILES string of the molecule is Cc1cc(C=C2C(=O)Nc3ccccc32)c2c(C)ccc(C(C)C)cc1-2. The molecule has 1 aromatic carbocycles. The van der Waals surface area contributed by atoms with Gasteiger partial charge in [-0.1, -0.05) is 56.3 Å². The van der Waals surface area contributed by atoms with Gasteiger partial charge in [-0.15, -0.1) is 0 Å². The predicted octanol–water partition coefficient (Wildman–Crippen LogP) is 6.02. The Bertz CT molecular complexity index is 1030. The number of nitrogens with one attached hydrogen (secondary N) is 1. The molecular formula is C24H23NO. The summed E-state index contributed by atoms with van der Waals surface area (Å²) in [7, 11) is 0. The van der Waals surface area contributed by atoms with Crippen molar-refractivity contribution < 1.29 is 4.79 Å². The third kappa shape index (κ3) is 2.62. The van der Waals surface area contributed by atoms with Crippen LogP contribution in [0, 0.1) is 13.8 Å². The third-order valence-electron chi connectivity index (χ3n) is 5.26. The quantitative estimate of drug-likeness (QED) is 0.567. The number of anilines is 1. The van der Waals surface area contributed by atoms with E-state index in [4.69, 9.17) is 0 Å². The van der Waals surface area contributed by atoms with Crippen LogP contribution < -0.4 is 5.32 Å². The molecule has 2 nitrogen and oxygen atoms in total. The zero-order chi connectivity index (χ0) is 18.4. The fraction of sp³-hybridized carbons (Fsp3) is 0.208. The minimum Gasteiger partial charge on any atom is -0.321 e. The molecule has 1 aromatic rings. The van der Waals surface area contributed by atoms with Crippen molar-refractivity contribution in [1.82, 2.24) is 0 Å². The molecule has 2 heteroatoms. The van der Waals surface area contributed by atoms with Gasteiger partial charge < -0.3 is 5.32 Å². The molecule has 2 aliphatic carbocycles. The van der Waals surface area contributed by atoms with Crippen molar-refractivity contribution in [2.24, 2.45) is 0 Å². The number of carbonyl (C=O) groups excluding carboxylic acids is 1. The summed E-state index contributed by atoms with van der Waals surface area (Å²) in [6, 6.07) is 16.8. The van der Waals surface area contributed by atoms with Crippen LogP contribution >= 0.6 is 0 Å². The van der Waals surface area contributed by atoms with E-state index >= 15 is 0 Å². The van der Waals surface area contributed by atoms with Gasteiger partial charge in [0.1, 0.15) is 0 Å². The minimum atomic E-state index is -0.0287. The molecule has 4 rings (SSSR count). The fourth-order valence-corrected chi connectivity index (χ4v) is 3.79. The van der Waals surface area contributed by atoms with Gasteiger partial charge in [-0.2, -0.15) is 0 Å². The number of fused-ring (bicyclic) bond motifs is 2. The van der Waals surface area contributed by atoms with Gasteiger partial charge in [-0.3, -0.25) is 4.79 Å². The average Bonchev–Trinajstić information content (AvgIpc) is 3.00. The molecule has 0 unspecified atom stereocenters. The molecule has 0 aromatic heterocycles. The lowest BCUT2D eigenvalue weighted by atomic mass is 9.99. The van der Waals surface area contributed by atoms with Crippen LogP contribution in [0.1, 0.15) is 47.6 Å². The molecule has 1 heterocycles. The van der Waals surface area contributed by atoms with E-state index < -0.39 is 0 Å². The molecule has 1 aliphatic heterocycles. The molecule has 0 saturated heterocycles. The fourth-order valence-electron chi connectivity index (χ4n) is 3.79. The largest absolute Gasteiger partial charge is 0.321 e. The lowest BCUT2D eigenvalue weighted by Crippen LogP contribution is -2.03. The van der Waals surface area contributed by atoms with Crippen molar-refractivity contribution in [2.75, 3.05) is 5.32 Å². The molecule has 0 spiro atoms. The third-order valence-corrected chi connectivity index (χ3v) is 5.26. The summed E-state index contributed by atoms with van der Waals surface area (Å²) in [4.78, 5) is 12.5. The average molecular weight is 341 g/mol. The second-order valence-electron chi connectivity index (χ2n) is 7.44. The van der Waals surface area contributed by atoms with Crippen LogP contribution in [-0.4, -0.2) is 5.91 Å². The van der Waals surface area contributed by atoms with Gasteiger partial charge in [0.05, 0.1) is 0 Å². The molecule has 0 bridgehead atoms. The van der Waals surface area contributed by atoms with Crippen molar-refractivity contribution in [3.05, 3.63) is 76.3 Å². The Hall–Kier alpha value is -2.87. The summed E-state index contributed by atoms with van der Waals surface area (Å²) in [5.41, 5.74) is 10.0. The molecule has 0 saturated carbocycles. The lowest BCUT2D eigenvalue weighted by Gasteiger charge is -2.05. The van der Waals surface area contributed by atoms with Crippen LogP contribution in [-0.2, 0) is 4.79 Å². The van der Waals surface area contributed by atoms with Crippen molar-refractivity contribution >= 4 is 23.2 Å². The molecule has 3 aliphatic rings. The summed E-state index contributed by atoms with van der Waals surface area (Å²) < 4.78 is 0. The van der Waals surface area contributed by atoms with Gasteiger partial charge in [0, 0.05) is 16.8 Å². The zero-order valence-corrected chi connectivity index (χ0v) is 15.7. The van der Waals surface area contributed by atoms with Gasteiger partial charge in [0.15, 0.2) is 0 Å². The first-order chi connectivity index (χ1) is 12.5. The number of aryl methyl sites for hydroxylation is 2. The smallest absolute Gasteiger partial charge is 0.256 e. The number of rotatable bonds is 2. The van der Waals surface area contributed by atoms with Crippen molar-refractivity contribution in [1.29, 1.82) is 0 Å². The molecule has 1 N–H and O–H groups in total. The Morgan fingerprint density at radius 2 is 1.69 bits per heavy atom. The van der Waals surface area contributed by atoms with E-state index in [1.165, 1.54) is 27.8 Å². The first kappa shape index (κ1) is 16.6.